The van der Waals surface area contributed by atoms with Gasteiger partial charge in [-0.1, -0.05) is 15.9 Å². The van der Waals surface area contributed by atoms with Crippen LogP contribution in [0.4, 0.5) is 8.78 Å². The lowest BCUT2D eigenvalue weighted by Crippen LogP contribution is -2.02. The Balaban J connectivity index is 3.26. The van der Waals surface area contributed by atoms with Gasteiger partial charge in [0.05, 0.1) is 12.5 Å². The summed E-state index contributed by atoms with van der Waals surface area (Å²) in [4.78, 5) is 3.78. The minimum Gasteiger partial charge on any atom is -0.241 e. The first-order valence-electron chi connectivity index (χ1n) is 3.99. The van der Waals surface area contributed by atoms with E-state index in [1.165, 1.54) is 6.07 Å². The summed E-state index contributed by atoms with van der Waals surface area (Å²) < 4.78 is 25.4. The van der Waals surface area contributed by atoms with Gasteiger partial charge >= 0.3 is 0 Å². The molecule has 0 N–H and O–H groups in total. The average molecular weight is 387 g/mol. The molecule has 1 aromatic rings. The first-order chi connectivity index (χ1) is 7.10. The zero-order valence-electron chi connectivity index (χ0n) is 7.48. The molecule has 0 radical (unpaired) electrons. The Bertz CT molecular complexity index is 404. The molecule has 0 spiro atoms. The Morgan fingerprint density at radius 1 is 1.60 bits per heavy atom. The molecule has 1 aromatic heterocycles. The van der Waals surface area contributed by atoms with Crippen LogP contribution in [0.5, 0.6) is 0 Å². The van der Waals surface area contributed by atoms with Crippen molar-refractivity contribution >= 4 is 38.5 Å². The molecular weight excluding hydrogens is 381 g/mol. The monoisotopic (exact) mass is 386 g/mol. The van der Waals surface area contributed by atoms with E-state index < -0.39 is 6.43 Å². The number of halogens is 4. The van der Waals surface area contributed by atoms with Crippen LogP contribution in [0, 0.1) is 15.0 Å². The first-order valence-corrected chi connectivity index (χ1v) is 6.19. The second-order valence-corrected chi connectivity index (χ2v) is 4.33. The molecule has 0 unspecified atom stereocenters. The van der Waals surface area contributed by atoms with Gasteiger partial charge in [0.1, 0.15) is 9.39 Å². The molecule has 0 aromatic carbocycles. The molecule has 1 heterocycles. The van der Waals surface area contributed by atoms with Crippen molar-refractivity contribution in [3.8, 4) is 6.07 Å². The Morgan fingerprint density at radius 2 is 2.27 bits per heavy atom. The lowest BCUT2D eigenvalue weighted by atomic mass is 10.1. The van der Waals surface area contributed by atoms with Gasteiger partial charge in [0.2, 0.25) is 0 Å². The zero-order valence-corrected chi connectivity index (χ0v) is 11.2. The normalized spacial score (nSPS) is 10.4. The summed E-state index contributed by atoms with van der Waals surface area (Å²) in [5, 5.41) is 9.10. The average Bonchev–Trinajstić information content (AvgIpc) is 2.17. The van der Waals surface area contributed by atoms with Gasteiger partial charge in [0.15, 0.2) is 0 Å². The van der Waals surface area contributed by atoms with Crippen molar-refractivity contribution in [1.29, 1.82) is 5.26 Å². The van der Waals surface area contributed by atoms with E-state index in [9.17, 15) is 8.78 Å². The third kappa shape index (κ3) is 3.08. The Morgan fingerprint density at radius 3 is 2.73 bits per heavy atom. The number of aromatic nitrogens is 1. The zero-order chi connectivity index (χ0) is 11.4. The molecule has 0 aliphatic carbocycles. The summed E-state index contributed by atoms with van der Waals surface area (Å²) in [6, 6.07) is 3.25. The maximum Gasteiger partial charge on any atom is 0.280 e. The van der Waals surface area contributed by atoms with Crippen molar-refractivity contribution in [2.24, 2.45) is 0 Å². The van der Waals surface area contributed by atoms with Crippen molar-refractivity contribution < 1.29 is 8.78 Å². The molecule has 0 aliphatic rings. The molecule has 6 heteroatoms. The Hall–Kier alpha value is -0.290. The predicted molar refractivity (Wildman–Crippen MR) is 63.9 cm³/mol. The number of hydrogen-bond acceptors (Lipinski definition) is 2. The second kappa shape index (κ2) is 5.70. The maximum atomic E-state index is 12.4. The highest BCUT2D eigenvalue weighted by atomic mass is 127. The Kier molecular flexibility index (Phi) is 4.86. The lowest BCUT2D eigenvalue weighted by molar-refractivity contribution is 0.145. The molecule has 0 fully saturated rings. The van der Waals surface area contributed by atoms with Gasteiger partial charge in [-0.3, -0.25) is 0 Å². The van der Waals surface area contributed by atoms with Gasteiger partial charge in [-0.15, -0.1) is 0 Å². The lowest BCUT2D eigenvalue weighted by Gasteiger charge is -2.08. The molecule has 80 valence electrons. The van der Waals surface area contributed by atoms with E-state index in [1.54, 1.807) is 0 Å². The predicted octanol–water partition coefficient (Wildman–Crippen LogP) is 3.58. The quantitative estimate of drug-likeness (QED) is 0.452. The fourth-order valence-corrected chi connectivity index (χ4v) is 3.07. The number of rotatable bonds is 3. The van der Waals surface area contributed by atoms with E-state index in [1.807, 2.05) is 28.7 Å². The molecule has 0 aliphatic heterocycles. The first kappa shape index (κ1) is 12.8. The van der Waals surface area contributed by atoms with Gasteiger partial charge in [-0.25, -0.2) is 13.8 Å². The van der Waals surface area contributed by atoms with Crippen LogP contribution in [0.25, 0.3) is 0 Å². The van der Waals surface area contributed by atoms with Crippen LogP contribution < -0.4 is 0 Å². The SMILES string of the molecule is N#CCc1cc(C(F)F)nc(I)c1CBr. The molecule has 0 amide bonds. The van der Waals surface area contributed by atoms with Crippen molar-refractivity contribution in [3.05, 3.63) is 26.6 Å². The number of nitriles is 1. The maximum absolute atomic E-state index is 12.4. The summed E-state index contributed by atoms with van der Waals surface area (Å²) in [6.07, 6.45) is -2.47. The molecule has 0 bridgehead atoms. The van der Waals surface area contributed by atoms with E-state index in [0.29, 0.717) is 14.6 Å². The summed E-state index contributed by atoms with van der Waals surface area (Å²) >= 11 is 5.15. The fourth-order valence-electron chi connectivity index (χ4n) is 1.11. The van der Waals surface area contributed by atoms with Gasteiger partial charge < -0.3 is 0 Å². The van der Waals surface area contributed by atoms with Crippen LogP contribution in [0.2, 0.25) is 0 Å². The van der Waals surface area contributed by atoms with E-state index in [4.69, 9.17) is 5.26 Å². The highest BCUT2D eigenvalue weighted by Crippen LogP contribution is 2.25. The van der Waals surface area contributed by atoms with E-state index >= 15 is 0 Å². The Labute approximate surface area is 108 Å². The number of nitrogens with zero attached hydrogens (tertiary/aromatic N) is 2. The summed E-state index contributed by atoms with van der Waals surface area (Å²) in [7, 11) is 0. The van der Waals surface area contributed by atoms with Crippen LogP contribution in [0.3, 0.4) is 0 Å². The molecule has 0 saturated carbocycles. The molecule has 15 heavy (non-hydrogen) atoms. The minimum atomic E-state index is -2.60. The summed E-state index contributed by atoms with van der Waals surface area (Å²) in [6.45, 7) is 0. The number of pyridine rings is 1. The standard InChI is InChI=1S/C9H6BrF2IN2/c10-4-6-5(1-2-14)3-7(8(11)12)15-9(6)13/h3,8H,1,4H2. The molecule has 1 rings (SSSR count). The molecule has 0 saturated heterocycles. The van der Waals surface area contributed by atoms with Crippen LogP contribution in [0.15, 0.2) is 6.07 Å². The largest absolute Gasteiger partial charge is 0.280 e. The fraction of sp³-hybridized carbons (Fsp3) is 0.333. The van der Waals surface area contributed by atoms with Crippen LogP contribution in [-0.2, 0) is 11.8 Å². The van der Waals surface area contributed by atoms with E-state index in [2.05, 4.69) is 20.9 Å². The topological polar surface area (TPSA) is 36.7 Å². The van der Waals surface area contributed by atoms with Gasteiger partial charge in [-0.05, 0) is 39.8 Å². The second-order valence-electron chi connectivity index (χ2n) is 2.74. The van der Waals surface area contributed by atoms with Gasteiger partial charge in [-0.2, -0.15) is 5.26 Å². The molecule has 2 nitrogen and oxygen atoms in total. The van der Waals surface area contributed by atoms with Crippen molar-refractivity contribution in [1.82, 2.24) is 4.98 Å². The van der Waals surface area contributed by atoms with E-state index in [-0.39, 0.29) is 12.1 Å². The van der Waals surface area contributed by atoms with E-state index in [0.717, 1.165) is 5.56 Å². The molecular formula is C9H6BrF2IN2. The highest BCUT2D eigenvalue weighted by Gasteiger charge is 2.15. The van der Waals surface area contributed by atoms with Crippen molar-refractivity contribution in [3.63, 3.8) is 0 Å². The third-order valence-corrected chi connectivity index (χ3v) is 3.27. The minimum absolute atomic E-state index is 0.124. The summed E-state index contributed by atoms with van der Waals surface area (Å²) in [5.74, 6) is 0. The van der Waals surface area contributed by atoms with Crippen LogP contribution in [0.1, 0.15) is 23.2 Å². The van der Waals surface area contributed by atoms with Crippen molar-refractivity contribution in [2.45, 2.75) is 18.2 Å². The van der Waals surface area contributed by atoms with Crippen LogP contribution in [-0.4, -0.2) is 4.98 Å². The van der Waals surface area contributed by atoms with Gasteiger partial charge in [0, 0.05) is 5.33 Å². The van der Waals surface area contributed by atoms with Crippen molar-refractivity contribution in [2.75, 3.05) is 0 Å². The third-order valence-electron chi connectivity index (χ3n) is 1.81. The van der Waals surface area contributed by atoms with Crippen LogP contribution >= 0.6 is 38.5 Å². The highest BCUT2D eigenvalue weighted by molar-refractivity contribution is 14.1. The van der Waals surface area contributed by atoms with Gasteiger partial charge in [0.25, 0.3) is 6.43 Å². The summed E-state index contributed by atoms with van der Waals surface area (Å²) in [5.41, 5.74) is 1.15. The molecule has 0 atom stereocenters. The smallest absolute Gasteiger partial charge is 0.241 e. The number of alkyl halides is 3. The number of hydrogen-bond donors (Lipinski definition) is 0.